The van der Waals surface area contributed by atoms with Gasteiger partial charge in [0.25, 0.3) is 0 Å². The van der Waals surface area contributed by atoms with Crippen LogP contribution in [0.1, 0.15) is 30.5 Å². The molecule has 23 heavy (non-hydrogen) atoms. The molecule has 1 fully saturated rings. The number of hydrogen-bond acceptors (Lipinski definition) is 2. The van der Waals surface area contributed by atoms with Crippen LogP contribution >= 0.6 is 0 Å². The summed E-state index contributed by atoms with van der Waals surface area (Å²) in [6.45, 7) is 2.94. The number of carbonyl (C=O) groups is 1. The normalized spacial score (nSPS) is 19.0. The van der Waals surface area contributed by atoms with Crippen molar-refractivity contribution in [2.24, 2.45) is 5.92 Å². The van der Waals surface area contributed by atoms with Gasteiger partial charge in [0.1, 0.15) is 5.75 Å². The highest BCUT2D eigenvalue weighted by molar-refractivity contribution is 5.81. The Morgan fingerprint density at radius 2 is 1.83 bits per heavy atom. The molecule has 1 aliphatic rings. The van der Waals surface area contributed by atoms with Crippen LogP contribution in [0.2, 0.25) is 0 Å². The van der Waals surface area contributed by atoms with Crippen LogP contribution in [0.25, 0.3) is 0 Å². The number of benzene rings is 2. The molecule has 3 heteroatoms. The van der Waals surface area contributed by atoms with Gasteiger partial charge in [0.2, 0.25) is 5.91 Å². The van der Waals surface area contributed by atoms with Crippen LogP contribution in [-0.4, -0.2) is 24.5 Å². The van der Waals surface area contributed by atoms with Crippen LogP contribution in [0.5, 0.6) is 5.75 Å². The second-order valence-electron chi connectivity index (χ2n) is 6.12. The highest BCUT2D eigenvalue weighted by Gasteiger charge is 2.35. The van der Waals surface area contributed by atoms with Crippen LogP contribution < -0.4 is 4.74 Å². The van der Waals surface area contributed by atoms with Crippen molar-refractivity contribution < 1.29 is 9.53 Å². The summed E-state index contributed by atoms with van der Waals surface area (Å²) in [5.74, 6) is 1.18. The number of ether oxygens (including phenoxy) is 1. The molecule has 1 saturated heterocycles. The van der Waals surface area contributed by atoms with E-state index < -0.39 is 0 Å². The molecular weight excluding hydrogens is 286 g/mol. The van der Waals surface area contributed by atoms with Crippen LogP contribution in [0.15, 0.2) is 54.6 Å². The molecule has 1 unspecified atom stereocenters. The standard InChI is InChI=1S/C20H23NO2/c1-15(16-8-4-3-5-9-16)21-13-12-18(20(21)22)14-17-10-6-7-11-19(17)23-2/h3-11,15,18H,12-14H2,1-2H3/t15-,18?/m1/s1. The highest BCUT2D eigenvalue weighted by atomic mass is 16.5. The topological polar surface area (TPSA) is 29.5 Å². The second kappa shape index (κ2) is 6.86. The fourth-order valence-electron chi connectivity index (χ4n) is 3.39. The molecule has 0 aromatic heterocycles. The zero-order chi connectivity index (χ0) is 16.2. The molecule has 2 atom stereocenters. The molecule has 1 heterocycles. The van der Waals surface area contributed by atoms with Gasteiger partial charge >= 0.3 is 0 Å². The molecule has 120 valence electrons. The molecule has 0 spiro atoms. The number of carbonyl (C=O) groups excluding carboxylic acids is 1. The first-order valence-corrected chi connectivity index (χ1v) is 8.18. The van der Waals surface area contributed by atoms with Gasteiger partial charge in [-0.05, 0) is 37.0 Å². The number of rotatable bonds is 5. The Kier molecular flexibility index (Phi) is 4.65. The van der Waals surface area contributed by atoms with Gasteiger partial charge in [0.15, 0.2) is 0 Å². The first-order chi connectivity index (χ1) is 11.2. The van der Waals surface area contributed by atoms with Crippen LogP contribution in [0.3, 0.4) is 0 Å². The molecule has 1 amide bonds. The van der Waals surface area contributed by atoms with Crippen molar-refractivity contribution in [3.63, 3.8) is 0 Å². The summed E-state index contributed by atoms with van der Waals surface area (Å²) in [7, 11) is 1.68. The van der Waals surface area contributed by atoms with Crippen LogP contribution in [0.4, 0.5) is 0 Å². The minimum atomic E-state index is 0.0532. The maximum absolute atomic E-state index is 12.8. The molecule has 3 nitrogen and oxygen atoms in total. The summed E-state index contributed by atoms with van der Waals surface area (Å²) < 4.78 is 5.41. The Bertz CT molecular complexity index is 668. The van der Waals surface area contributed by atoms with Crippen molar-refractivity contribution in [3.05, 3.63) is 65.7 Å². The first kappa shape index (κ1) is 15.6. The van der Waals surface area contributed by atoms with Crippen LogP contribution in [-0.2, 0) is 11.2 Å². The summed E-state index contributed by atoms with van der Waals surface area (Å²) in [5, 5.41) is 0. The summed E-state index contributed by atoms with van der Waals surface area (Å²) in [5.41, 5.74) is 2.31. The molecule has 0 saturated carbocycles. The largest absolute Gasteiger partial charge is 0.496 e. The lowest BCUT2D eigenvalue weighted by Gasteiger charge is -2.25. The fourth-order valence-corrected chi connectivity index (χ4v) is 3.39. The van der Waals surface area contributed by atoms with E-state index in [9.17, 15) is 4.79 Å². The average molecular weight is 309 g/mol. The van der Waals surface area contributed by atoms with E-state index in [1.54, 1.807) is 7.11 Å². The summed E-state index contributed by atoms with van der Waals surface area (Å²) in [6, 6.07) is 18.3. The number of amides is 1. The van der Waals surface area contributed by atoms with Crippen molar-refractivity contribution in [1.29, 1.82) is 0 Å². The zero-order valence-electron chi connectivity index (χ0n) is 13.7. The number of likely N-dealkylation sites (tertiary alicyclic amines) is 1. The minimum absolute atomic E-state index is 0.0532. The Morgan fingerprint density at radius 3 is 2.57 bits per heavy atom. The SMILES string of the molecule is COc1ccccc1CC1CCN([C@H](C)c2ccccc2)C1=O. The van der Waals surface area contributed by atoms with Gasteiger partial charge in [-0.15, -0.1) is 0 Å². The Morgan fingerprint density at radius 1 is 1.13 bits per heavy atom. The molecule has 0 bridgehead atoms. The van der Waals surface area contributed by atoms with Crippen molar-refractivity contribution in [2.75, 3.05) is 13.7 Å². The van der Waals surface area contributed by atoms with E-state index in [0.717, 1.165) is 30.7 Å². The summed E-state index contributed by atoms with van der Waals surface area (Å²) in [4.78, 5) is 14.8. The van der Waals surface area contributed by atoms with Crippen molar-refractivity contribution in [2.45, 2.75) is 25.8 Å². The van der Waals surface area contributed by atoms with E-state index >= 15 is 0 Å². The predicted octanol–water partition coefficient (Wildman–Crippen LogP) is 3.85. The van der Waals surface area contributed by atoms with Gasteiger partial charge < -0.3 is 9.64 Å². The number of para-hydroxylation sites is 1. The number of nitrogens with zero attached hydrogens (tertiary/aromatic N) is 1. The number of methoxy groups -OCH3 is 1. The zero-order valence-corrected chi connectivity index (χ0v) is 13.7. The summed E-state index contributed by atoms with van der Waals surface area (Å²) >= 11 is 0. The maximum atomic E-state index is 12.8. The van der Waals surface area contributed by atoms with Crippen molar-refractivity contribution in [3.8, 4) is 5.75 Å². The van der Waals surface area contributed by atoms with E-state index in [4.69, 9.17) is 4.74 Å². The molecule has 0 aliphatic carbocycles. The van der Waals surface area contributed by atoms with Gasteiger partial charge in [-0.25, -0.2) is 0 Å². The van der Waals surface area contributed by atoms with E-state index in [-0.39, 0.29) is 17.9 Å². The molecule has 0 radical (unpaired) electrons. The van der Waals surface area contributed by atoms with Gasteiger partial charge in [-0.2, -0.15) is 0 Å². The molecule has 1 aliphatic heterocycles. The molecule has 2 aromatic carbocycles. The Hall–Kier alpha value is -2.29. The maximum Gasteiger partial charge on any atom is 0.226 e. The third kappa shape index (κ3) is 3.24. The molecule has 3 rings (SSSR count). The fraction of sp³-hybridized carbons (Fsp3) is 0.350. The first-order valence-electron chi connectivity index (χ1n) is 8.18. The molecule has 0 N–H and O–H groups in total. The Labute approximate surface area is 137 Å². The van der Waals surface area contributed by atoms with E-state index in [1.807, 2.05) is 41.3 Å². The lowest BCUT2D eigenvalue weighted by atomic mass is 9.97. The molecule has 2 aromatic rings. The average Bonchev–Trinajstić information content (AvgIpc) is 2.96. The third-order valence-corrected chi connectivity index (χ3v) is 4.76. The smallest absolute Gasteiger partial charge is 0.226 e. The quantitative estimate of drug-likeness (QED) is 0.839. The monoisotopic (exact) mass is 309 g/mol. The minimum Gasteiger partial charge on any atom is -0.496 e. The van der Waals surface area contributed by atoms with Gasteiger partial charge in [-0.3, -0.25) is 4.79 Å². The predicted molar refractivity (Wildman–Crippen MR) is 91.4 cm³/mol. The van der Waals surface area contributed by atoms with Gasteiger partial charge in [-0.1, -0.05) is 48.5 Å². The third-order valence-electron chi connectivity index (χ3n) is 4.76. The van der Waals surface area contributed by atoms with E-state index in [1.165, 1.54) is 5.56 Å². The van der Waals surface area contributed by atoms with Crippen LogP contribution in [0, 0.1) is 5.92 Å². The van der Waals surface area contributed by atoms with E-state index in [2.05, 4.69) is 25.1 Å². The van der Waals surface area contributed by atoms with Gasteiger partial charge in [0.05, 0.1) is 13.2 Å². The van der Waals surface area contributed by atoms with E-state index in [0.29, 0.717) is 0 Å². The van der Waals surface area contributed by atoms with Crippen molar-refractivity contribution >= 4 is 5.91 Å². The lowest BCUT2D eigenvalue weighted by Crippen LogP contribution is -2.30. The second-order valence-corrected chi connectivity index (χ2v) is 6.12. The Balaban J connectivity index is 1.72. The van der Waals surface area contributed by atoms with Gasteiger partial charge in [0, 0.05) is 12.5 Å². The molecular formula is C20H23NO2. The number of hydrogen-bond donors (Lipinski definition) is 0. The summed E-state index contributed by atoms with van der Waals surface area (Å²) in [6.07, 6.45) is 1.66. The van der Waals surface area contributed by atoms with Crippen molar-refractivity contribution in [1.82, 2.24) is 4.90 Å². The lowest BCUT2D eigenvalue weighted by molar-refractivity contribution is -0.132. The highest BCUT2D eigenvalue weighted by Crippen LogP contribution is 2.32.